The van der Waals surface area contributed by atoms with Crippen molar-refractivity contribution in [1.29, 1.82) is 0 Å². The summed E-state index contributed by atoms with van der Waals surface area (Å²) in [5, 5.41) is 19.9. The molecule has 2 aromatic rings. The number of halogens is 1. The second-order valence-corrected chi connectivity index (χ2v) is 7.72. The number of nitrogens with one attached hydrogen (secondary N) is 1. The number of carbonyl (C=O) groups is 2. The topological polar surface area (TPSA) is 89.9 Å². The summed E-state index contributed by atoms with van der Waals surface area (Å²) in [6.45, 7) is 0. The molecular weight excluding hydrogens is 440 g/mol. The van der Waals surface area contributed by atoms with E-state index < -0.39 is 11.8 Å². The summed E-state index contributed by atoms with van der Waals surface area (Å²) in [4.78, 5) is 25.2. The lowest BCUT2D eigenvalue weighted by atomic mass is 10.2. The van der Waals surface area contributed by atoms with Gasteiger partial charge in [-0.15, -0.1) is 0 Å². The molecule has 0 unspecified atom stereocenters. The number of phenols is 2. The Morgan fingerprint density at radius 2 is 1.92 bits per heavy atom. The molecule has 0 bridgehead atoms. The number of thioether (sulfide) groups is 1. The largest absolute Gasteiger partial charge is 0.504 e. The predicted molar refractivity (Wildman–Crippen MR) is 106 cm³/mol. The molecule has 0 radical (unpaired) electrons. The quantitative estimate of drug-likeness (QED) is 0.377. The second kappa shape index (κ2) is 7.48. The van der Waals surface area contributed by atoms with Crippen LogP contribution in [-0.2, 0) is 4.79 Å². The molecule has 0 aliphatic carbocycles. The molecule has 0 aromatic heterocycles. The zero-order valence-corrected chi connectivity index (χ0v) is 16.2. The van der Waals surface area contributed by atoms with Gasteiger partial charge in [-0.1, -0.05) is 30.0 Å². The first kappa shape index (κ1) is 18.4. The minimum absolute atomic E-state index is 0.185. The maximum absolute atomic E-state index is 12.5. The van der Waals surface area contributed by atoms with Gasteiger partial charge in [0.1, 0.15) is 0 Å². The van der Waals surface area contributed by atoms with E-state index >= 15 is 0 Å². The standard InChI is InChI=1S/C17H11BrN2O4S2/c18-11-4-2-1-3-10(11)15(23)19-20-16(24)14(26-17(20)25)8-9-5-6-12(21)13(22)7-9/h1-8,21-22H,(H,19,23)/b14-8+. The van der Waals surface area contributed by atoms with Gasteiger partial charge in [-0.2, -0.15) is 5.01 Å². The van der Waals surface area contributed by atoms with Crippen LogP contribution in [0.3, 0.4) is 0 Å². The first-order valence-electron chi connectivity index (χ1n) is 7.22. The number of hydrogen-bond donors (Lipinski definition) is 3. The van der Waals surface area contributed by atoms with Crippen LogP contribution in [0.25, 0.3) is 6.08 Å². The van der Waals surface area contributed by atoms with Crippen LogP contribution < -0.4 is 5.43 Å². The monoisotopic (exact) mass is 450 g/mol. The molecule has 1 heterocycles. The van der Waals surface area contributed by atoms with Gasteiger partial charge in [0.05, 0.1) is 10.5 Å². The van der Waals surface area contributed by atoms with Crippen LogP contribution in [0.4, 0.5) is 0 Å². The third-order valence-corrected chi connectivity index (χ3v) is 5.42. The molecule has 6 nitrogen and oxygen atoms in total. The molecule has 1 aliphatic heterocycles. The maximum Gasteiger partial charge on any atom is 0.285 e. The molecule has 0 atom stereocenters. The summed E-state index contributed by atoms with van der Waals surface area (Å²) in [7, 11) is 0. The SMILES string of the molecule is O=C(NN1C(=O)/C(=C\c2ccc(O)c(O)c2)SC1=S)c1ccccc1Br. The fraction of sp³-hybridized carbons (Fsp3) is 0. The Balaban J connectivity index is 1.80. The Hall–Kier alpha value is -2.36. The van der Waals surface area contributed by atoms with Gasteiger partial charge in [-0.25, -0.2) is 0 Å². The van der Waals surface area contributed by atoms with E-state index in [-0.39, 0.29) is 20.7 Å². The molecule has 1 saturated heterocycles. The summed E-state index contributed by atoms with van der Waals surface area (Å²) >= 11 is 9.48. The summed E-state index contributed by atoms with van der Waals surface area (Å²) in [6.07, 6.45) is 1.52. The Kier molecular flexibility index (Phi) is 5.30. The highest BCUT2D eigenvalue weighted by molar-refractivity contribution is 9.10. The van der Waals surface area contributed by atoms with Gasteiger partial charge in [0.15, 0.2) is 15.8 Å². The lowest BCUT2D eigenvalue weighted by molar-refractivity contribution is -0.123. The van der Waals surface area contributed by atoms with Gasteiger partial charge in [0.25, 0.3) is 11.8 Å². The van der Waals surface area contributed by atoms with E-state index in [1.807, 2.05) is 0 Å². The van der Waals surface area contributed by atoms with Crippen molar-refractivity contribution in [3.63, 3.8) is 0 Å². The zero-order chi connectivity index (χ0) is 18.8. The molecule has 1 fully saturated rings. The van der Waals surface area contributed by atoms with Gasteiger partial charge < -0.3 is 10.2 Å². The van der Waals surface area contributed by atoms with Crippen LogP contribution in [0.1, 0.15) is 15.9 Å². The lowest BCUT2D eigenvalue weighted by Crippen LogP contribution is -2.44. The van der Waals surface area contributed by atoms with Crippen LogP contribution in [-0.4, -0.2) is 31.4 Å². The minimum Gasteiger partial charge on any atom is -0.504 e. The third-order valence-electron chi connectivity index (χ3n) is 3.42. The molecule has 3 N–H and O–H groups in total. The molecule has 0 saturated carbocycles. The molecule has 0 spiro atoms. The number of hydrazine groups is 1. The predicted octanol–water partition coefficient (Wildman–Crippen LogP) is 3.41. The smallest absolute Gasteiger partial charge is 0.285 e. The maximum atomic E-state index is 12.5. The highest BCUT2D eigenvalue weighted by atomic mass is 79.9. The summed E-state index contributed by atoms with van der Waals surface area (Å²) < 4.78 is 0.780. The van der Waals surface area contributed by atoms with Crippen molar-refractivity contribution in [2.45, 2.75) is 0 Å². The number of hydrogen-bond acceptors (Lipinski definition) is 6. The number of aromatic hydroxyl groups is 2. The number of phenolic OH excluding ortho intramolecular Hbond substituents is 2. The fourth-order valence-corrected chi connectivity index (χ4v) is 3.80. The first-order chi connectivity index (χ1) is 12.4. The average Bonchev–Trinajstić information content (AvgIpc) is 2.86. The van der Waals surface area contributed by atoms with Crippen molar-refractivity contribution in [1.82, 2.24) is 10.4 Å². The molecule has 9 heteroatoms. The molecule has 26 heavy (non-hydrogen) atoms. The van der Waals surface area contributed by atoms with E-state index in [1.165, 1.54) is 18.2 Å². The number of rotatable bonds is 3. The van der Waals surface area contributed by atoms with E-state index in [9.17, 15) is 19.8 Å². The summed E-state index contributed by atoms with van der Waals surface area (Å²) in [5.74, 6) is -1.50. The third kappa shape index (κ3) is 3.74. The number of benzene rings is 2. The van der Waals surface area contributed by atoms with Gasteiger partial charge in [-0.3, -0.25) is 15.0 Å². The van der Waals surface area contributed by atoms with Crippen LogP contribution in [0.15, 0.2) is 51.8 Å². The van der Waals surface area contributed by atoms with Gasteiger partial charge in [0.2, 0.25) is 0 Å². The number of carbonyl (C=O) groups excluding carboxylic acids is 2. The number of amides is 2. The molecular formula is C17H11BrN2O4S2. The molecule has 132 valence electrons. The van der Waals surface area contributed by atoms with Crippen LogP contribution in [0.5, 0.6) is 11.5 Å². The van der Waals surface area contributed by atoms with Crippen molar-refractivity contribution in [2.75, 3.05) is 0 Å². The summed E-state index contributed by atoms with van der Waals surface area (Å²) in [5.41, 5.74) is 3.38. The second-order valence-electron chi connectivity index (χ2n) is 5.19. The highest BCUT2D eigenvalue weighted by Gasteiger charge is 2.34. The van der Waals surface area contributed by atoms with E-state index in [4.69, 9.17) is 12.2 Å². The van der Waals surface area contributed by atoms with Crippen molar-refractivity contribution in [2.24, 2.45) is 0 Å². The minimum atomic E-state index is -0.479. The van der Waals surface area contributed by atoms with Crippen LogP contribution in [0.2, 0.25) is 0 Å². The van der Waals surface area contributed by atoms with Gasteiger partial charge in [0, 0.05) is 4.47 Å². The Morgan fingerprint density at radius 3 is 2.62 bits per heavy atom. The van der Waals surface area contributed by atoms with Crippen LogP contribution in [0, 0.1) is 0 Å². The van der Waals surface area contributed by atoms with Gasteiger partial charge in [-0.05, 0) is 64.1 Å². The number of nitrogens with zero attached hydrogens (tertiary/aromatic N) is 1. The normalized spacial score (nSPS) is 15.6. The van der Waals surface area contributed by atoms with E-state index in [0.717, 1.165) is 16.8 Å². The fourth-order valence-electron chi connectivity index (χ4n) is 2.15. The molecule has 1 aliphatic rings. The first-order valence-corrected chi connectivity index (χ1v) is 9.24. The van der Waals surface area contributed by atoms with Crippen LogP contribution >= 0.6 is 39.9 Å². The highest BCUT2D eigenvalue weighted by Crippen LogP contribution is 2.33. The van der Waals surface area contributed by atoms with Crippen molar-refractivity contribution in [3.8, 4) is 11.5 Å². The summed E-state index contributed by atoms with van der Waals surface area (Å²) in [6, 6.07) is 11.0. The Labute approximate surface area is 166 Å². The zero-order valence-electron chi connectivity index (χ0n) is 13.0. The molecule has 2 amide bonds. The molecule has 2 aromatic carbocycles. The Bertz CT molecular complexity index is 962. The van der Waals surface area contributed by atoms with E-state index in [1.54, 1.807) is 30.3 Å². The number of thiocarbonyl (C=S) groups is 1. The molecule has 3 rings (SSSR count). The lowest BCUT2D eigenvalue weighted by Gasteiger charge is -2.16. The Morgan fingerprint density at radius 1 is 1.19 bits per heavy atom. The van der Waals surface area contributed by atoms with Crippen molar-refractivity contribution < 1.29 is 19.8 Å². The van der Waals surface area contributed by atoms with Crippen molar-refractivity contribution >= 4 is 62.1 Å². The van der Waals surface area contributed by atoms with E-state index in [0.29, 0.717) is 15.6 Å². The average molecular weight is 451 g/mol. The van der Waals surface area contributed by atoms with E-state index in [2.05, 4.69) is 21.4 Å². The van der Waals surface area contributed by atoms with Crippen molar-refractivity contribution in [3.05, 3.63) is 63.0 Å². The van der Waals surface area contributed by atoms with Gasteiger partial charge >= 0.3 is 0 Å².